The zero-order valence-electron chi connectivity index (χ0n) is 26.7. The van der Waals surface area contributed by atoms with Crippen LogP contribution >= 0.6 is 11.3 Å². The molecule has 0 radical (unpaired) electrons. The van der Waals surface area contributed by atoms with Crippen LogP contribution in [0.25, 0.3) is 22.9 Å². The maximum absolute atomic E-state index is 14.3. The third-order valence-electron chi connectivity index (χ3n) is 8.24. The fourth-order valence-electron chi connectivity index (χ4n) is 6.04. The standard InChI is InChI=1S/C37H35N3O5S/c1-7-45-36(42)33-23(3)38-37-40(34(33)30-21-29(43-5)17-18-31(30)44-6)35(41)32(46-37)20-27-19-22(2)39(24(27)4)28-15-13-26(14-16-28)25-11-9-8-10-12-25/h8-21,34H,7H2,1-6H3/b32-20-/t34-/m1/s1. The SMILES string of the molecule is CCOC(=O)C1=C(C)N=c2s/c(=C\c3cc(C)n(-c4ccc(-c5ccccc5)cc4)c3C)c(=O)n2[C@@H]1c1cc(OC)ccc1OC. The van der Waals surface area contributed by atoms with Gasteiger partial charge >= 0.3 is 5.97 Å². The highest BCUT2D eigenvalue weighted by atomic mass is 32.1. The van der Waals surface area contributed by atoms with E-state index in [1.807, 2.05) is 31.2 Å². The average Bonchev–Trinajstić information content (AvgIpc) is 3.53. The van der Waals surface area contributed by atoms with Crippen molar-refractivity contribution in [1.29, 1.82) is 0 Å². The molecule has 0 amide bonds. The van der Waals surface area contributed by atoms with Gasteiger partial charge in [0.1, 0.15) is 17.5 Å². The molecule has 5 aromatic rings. The predicted molar refractivity (Wildman–Crippen MR) is 181 cm³/mol. The van der Waals surface area contributed by atoms with Gasteiger partial charge in [-0.25, -0.2) is 9.79 Å². The molecule has 1 aliphatic rings. The van der Waals surface area contributed by atoms with E-state index < -0.39 is 12.0 Å². The topological polar surface area (TPSA) is 84.1 Å². The summed E-state index contributed by atoms with van der Waals surface area (Å²) in [4.78, 5) is 32.8. The van der Waals surface area contributed by atoms with Crippen molar-refractivity contribution in [2.45, 2.75) is 33.7 Å². The number of methoxy groups -OCH3 is 2. The van der Waals surface area contributed by atoms with Crippen LogP contribution in [0.15, 0.2) is 99.9 Å². The largest absolute Gasteiger partial charge is 0.497 e. The smallest absolute Gasteiger partial charge is 0.338 e. The van der Waals surface area contributed by atoms with Gasteiger partial charge < -0.3 is 18.8 Å². The minimum absolute atomic E-state index is 0.187. The van der Waals surface area contributed by atoms with E-state index in [0.717, 1.165) is 33.8 Å². The number of rotatable bonds is 8. The maximum atomic E-state index is 14.3. The molecule has 1 atom stereocenters. The van der Waals surface area contributed by atoms with E-state index in [-0.39, 0.29) is 17.7 Å². The van der Waals surface area contributed by atoms with Gasteiger partial charge in [0, 0.05) is 22.6 Å². The van der Waals surface area contributed by atoms with E-state index in [1.165, 1.54) is 11.3 Å². The second-order valence-corrected chi connectivity index (χ2v) is 12.0. The lowest BCUT2D eigenvalue weighted by molar-refractivity contribution is -0.139. The Morgan fingerprint density at radius 2 is 1.65 bits per heavy atom. The molecule has 8 nitrogen and oxygen atoms in total. The number of fused-ring (bicyclic) bond motifs is 1. The van der Waals surface area contributed by atoms with Crippen molar-refractivity contribution in [3.8, 4) is 28.3 Å². The van der Waals surface area contributed by atoms with Crippen molar-refractivity contribution in [3.05, 3.63) is 132 Å². The quantitative estimate of drug-likeness (QED) is 0.199. The number of allylic oxidation sites excluding steroid dienone is 1. The van der Waals surface area contributed by atoms with E-state index in [9.17, 15) is 9.59 Å². The van der Waals surface area contributed by atoms with Crippen LogP contribution in [0.4, 0.5) is 0 Å². The molecule has 46 heavy (non-hydrogen) atoms. The van der Waals surface area contributed by atoms with Crippen LogP contribution in [-0.4, -0.2) is 35.9 Å². The normalized spacial score (nSPS) is 14.6. The number of thiazole rings is 1. The van der Waals surface area contributed by atoms with Crippen LogP contribution in [0.5, 0.6) is 11.5 Å². The molecule has 3 aromatic carbocycles. The van der Waals surface area contributed by atoms with Crippen molar-refractivity contribution in [3.63, 3.8) is 0 Å². The van der Waals surface area contributed by atoms with Crippen molar-refractivity contribution >= 4 is 23.4 Å². The summed E-state index contributed by atoms with van der Waals surface area (Å²) >= 11 is 1.29. The Kier molecular flexibility index (Phi) is 8.51. The number of aryl methyl sites for hydroxylation is 1. The highest BCUT2D eigenvalue weighted by molar-refractivity contribution is 7.07. The van der Waals surface area contributed by atoms with Crippen LogP contribution in [-0.2, 0) is 9.53 Å². The molecule has 0 aliphatic carbocycles. The average molecular weight is 634 g/mol. The molecule has 0 saturated carbocycles. The zero-order chi connectivity index (χ0) is 32.5. The van der Waals surface area contributed by atoms with Gasteiger partial charge in [0.15, 0.2) is 4.80 Å². The van der Waals surface area contributed by atoms with Crippen LogP contribution in [0.2, 0.25) is 0 Å². The molecule has 0 N–H and O–H groups in total. The van der Waals surface area contributed by atoms with E-state index in [4.69, 9.17) is 19.2 Å². The fourth-order valence-corrected chi connectivity index (χ4v) is 7.08. The van der Waals surface area contributed by atoms with Crippen molar-refractivity contribution in [1.82, 2.24) is 9.13 Å². The highest BCUT2D eigenvalue weighted by Gasteiger charge is 2.35. The number of carbonyl (C=O) groups is 1. The van der Waals surface area contributed by atoms with E-state index >= 15 is 0 Å². The number of nitrogens with zero attached hydrogens (tertiary/aromatic N) is 3. The van der Waals surface area contributed by atoms with Gasteiger partial charge in [-0.3, -0.25) is 9.36 Å². The molecule has 0 fully saturated rings. The minimum atomic E-state index is -0.821. The lowest BCUT2D eigenvalue weighted by atomic mass is 9.94. The summed E-state index contributed by atoms with van der Waals surface area (Å²) in [6, 6.07) is 25.3. The Balaban J connectivity index is 1.48. The molecule has 0 saturated heterocycles. The fraction of sp³-hybridized carbons (Fsp3) is 0.216. The first-order chi connectivity index (χ1) is 22.2. The van der Waals surface area contributed by atoms with Gasteiger partial charge in [-0.1, -0.05) is 53.8 Å². The number of esters is 1. The number of carbonyl (C=O) groups excluding carboxylic acids is 1. The van der Waals surface area contributed by atoms with Crippen LogP contribution in [0.1, 0.15) is 42.4 Å². The molecule has 0 bridgehead atoms. The Bertz CT molecular complexity index is 2160. The van der Waals surface area contributed by atoms with E-state index in [2.05, 4.69) is 54.0 Å². The van der Waals surface area contributed by atoms with Gasteiger partial charge in [-0.05, 0) is 86.9 Å². The molecule has 6 rings (SSSR count). The molecule has 9 heteroatoms. The highest BCUT2D eigenvalue weighted by Crippen LogP contribution is 2.38. The second-order valence-electron chi connectivity index (χ2n) is 11.0. The summed E-state index contributed by atoms with van der Waals surface area (Å²) in [5.41, 5.74) is 7.43. The van der Waals surface area contributed by atoms with Crippen molar-refractivity contribution < 1.29 is 19.0 Å². The zero-order valence-corrected chi connectivity index (χ0v) is 27.5. The first-order valence-corrected chi connectivity index (χ1v) is 15.8. The van der Waals surface area contributed by atoms with Crippen LogP contribution < -0.4 is 24.4 Å². The maximum Gasteiger partial charge on any atom is 0.338 e. The number of benzene rings is 3. The molecule has 1 aliphatic heterocycles. The first-order valence-electron chi connectivity index (χ1n) is 15.0. The second kappa shape index (κ2) is 12.7. The van der Waals surface area contributed by atoms with Gasteiger partial charge in [0.25, 0.3) is 5.56 Å². The Hall–Kier alpha value is -5.15. The summed E-state index contributed by atoms with van der Waals surface area (Å²) in [5, 5.41) is 0. The third-order valence-corrected chi connectivity index (χ3v) is 9.22. The molecular formula is C37H35N3O5S. The van der Waals surface area contributed by atoms with Crippen molar-refractivity contribution in [2.24, 2.45) is 4.99 Å². The van der Waals surface area contributed by atoms with Crippen LogP contribution in [0.3, 0.4) is 0 Å². The van der Waals surface area contributed by atoms with E-state index in [1.54, 1.807) is 50.8 Å². The van der Waals surface area contributed by atoms with Crippen LogP contribution in [0, 0.1) is 13.8 Å². The van der Waals surface area contributed by atoms with Gasteiger partial charge in [0.05, 0.1) is 36.6 Å². The van der Waals surface area contributed by atoms with Crippen molar-refractivity contribution in [2.75, 3.05) is 20.8 Å². The minimum Gasteiger partial charge on any atom is -0.497 e. The third kappa shape index (κ3) is 5.47. The molecule has 234 valence electrons. The monoisotopic (exact) mass is 633 g/mol. The molecule has 2 aromatic heterocycles. The summed E-state index contributed by atoms with van der Waals surface area (Å²) in [7, 11) is 3.12. The Morgan fingerprint density at radius 3 is 2.33 bits per heavy atom. The molecular weight excluding hydrogens is 598 g/mol. The van der Waals surface area contributed by atoms with Gasteiger partial charge in [-0.2, -0.15) is 0 Å². The number of aromatic nitrogens is 2. The number of hydrogen-bond donors (Lipinski definition) is 0. The Labute approximate surface area is 271 Å². The molecule has 3 heterocycles. The summed E-state index contributed by atoms with van der Waals surface area (Å²) in [6.45, 7) is 7.81. The number of hydrogen-bond acceptors (Lipinski definition) is 7. The van der Waals surface area contributed by atoms with E-state index in [0.29, 0.717) is 32.1 Å². The summed E-state index contributed by atoms with van der Waals surface area (Å²) in [5.74, 6) is 0.550. The summed E-state index contributed by atoms with van der Waals surface area (Å²) in [6.07, 6.45) is 1.91. The number of ether oxygens (including phenoxy) is 3. The first kappa shape index (κ1) is 30.9. The van der Waals surface area contributed by atoms with Gasteiger partial charge in [-0.15, -0.1) is 0 Å². The molecule has 0 spiro atoms. The lowest BCUT2D eigenvalue weighted by Gasteiger charge is -2.26. The molecule has 0 unspecified atom stereocenters. The summed E-state index contributed by atoms with van der Waals surface area (Å²) < 4.78 is 20.9. The van der Waals surface area contributed by atoms with Gasteiger partial charge in [0.2, 0.25) is 0 Å². The Morgan fingerprint density at radius 1 is 0.935 bits per heavy atom. The lowest BCUT2D eigenvalue weighted by Crippen LogP contribution is -2.40. The predicted octanol–water partition coefficient (Wildman–Crippen LogP) is 5.89.